The van der Waals surface area contributed by atoms with Gasteiger partial charge in [-0.25, -0.2) is 0 Å². The van der Waals surface area contributed by atoms with Gasteiger partial charge in [0.15, 0.2) is 16.6 Å². The van der Waals surface area contributed by atoms with Crippen LogP contribution in [0, 0.1) is 0 Å². The first-order valence-corrected chi connectivity index (χ1v) is 10.0. The summed E-state index contributed by atoms with van der Waals surface area (Å²) in [7, 11) is 4.47. The Balaban J connectivity index is 2.05. The molecule has 1 fully saturated rings. The van der Waals surface area contributed by atoms with Crippen LogP contribution in [0.15, 0.2) is 42.0 Å². The van der Waals surface area contributed by atoms with Gasteiger partial charge >= 0.3 is 0 Å². The van der Waals surface area contributed by atoms with Gasteiger partial charge in [-0.15, -0.1) is 0 Å². The zero-order valence-corrected chi connectivity index (χ0v) is 18.8. The van der Waals surface area contributed by atoms with E-state index in [1.807, 2.05) is 24.3 Å². The number of carbonyl (C=O) groups excluding carboxylic acids is 2. The van der Waals surface area contributed by atoms with E-state index in [2.05, 4.69) is 19.2 Å². The van der Waals surface area contributed by atoms with E-state index in [0.717, 1.165) is 5.56 Å². The summed E-state index contributed by atoms with van der Waals surface area (Å²) in [6.45, 7) is 4.17. The minimum absolute atomic E-state index is 0.0312. The van der Waals surface area contributed by atoms with Crippen LogP contribution in [0.4, 0.5) is 5.69 Å². The standard InChI is InChI=1S/C23H24N2O5S/c1-13(2)14-6-9-16(10-7-14)25-22(27)17(21(26)24-23(25)31)12-15-8-11-18(28-3)20(30-5)19(15)29-4/h6-13H,1-5H3,(H,24,26,31)/b17-12+. The van der Waals surface area contributed by atoms with Gasteiger partial charge in [0.1, 0.15) is 5.57 Å². The van der Waals surface area contributed by atoms with Crippen LogP contribution in [0.3, 0.4) is 0 Å². The fourth-order valence-electron chi connectivity index (χ4n) is 3.29. The molecule has 0 aliphatic carbocycles. The van der Waals surface area contributed by atoms with Crippen molar-refractivity contribution in [3.63, 3.8) is 0 Å². The molecule has 7 nitrogen and oxygen atoms in total. The molecule has 0 atom stereocenters. The second kappa shape index (κ2) is 9.18. The van der Waals surface area contributed by atoms with E-state index < -0.39 is 11.8 Å². The van der Waals surface area contributed by atoms with Crippen LogP contribution >= 0.6 is 12.2 Å². The molecular formula is C23H24N2O5S. The van der Waals surface area contributed by atoms with E-state index in [-0.39, 0.29) is 10.7 Å². The minimum Gasteiger partial charge on any atom is -0.493 e. The van der Waals surface area contributed by atoms with Gasteiger partial charge in [-0.2, -0.15) is 0 Å². The third-order valence-electron chi connectivity index (χ3n) is 4.95. The second-order valence-corrected chi connectivity index (χ2v) is 7.51. The molecule has 1 heterocycles. The molecule has 0 saturated carbocycles. The summed E-state index contributed by atoms with van der Waals surface area (Å²) in [4.78, 5) is 27.2. The lowest BCUT2D eigenvalue weighted by Crippen LogP contribution is -2.54. The highest BCUT2D eigenvalue weighted by atomic mass is 32.1. The molecule has 2 aromatic carbocycles. The first-order chi connectivity index (χ1) is 14.8. The number of carbonyl (C=O) groups is 2. The number of hydrogen-bond donors (Lipinski definition) is 1. The summed E-state index contributed by atoms with van der Waals surface area (Å²) in [5, 5.41) is 2.62. The smallest absolute Gasteiger partial charge is 0.270 e. The number of anilines is 1. The van der Waals surface area contributed by atoms with Gasteiger partial charge in [0.2, 0.25) is 5.75 Å². The van der Waals surface area contributed by atoms with Crippen LogP contribution in [0.25, 0.3) is 6.08 Å². The van der Waals surface area contributed by atoms with E-state index in [4.69, 9.17) is 26.4 Å². The van der Waals surface area contributed by atoms with Crippen molar-refractivity contribution in [3.8, 4) is 17.2 Å². The van der Waals surface area contributed by atoms with E-state index in [0.29, 0.717) is 34.4 Å². The van der Waals surface area contributed by atoms with Crippen LogP contribution in [0.1, 0.15) is 30.9 Å². The van der Waals surface area contributed by atoms with Crippen molar-refractivity contribution in [1.29, 1.82) is 0 Å². The van der Waals surface area contributed by atoms with Crippen LogP contribution in [0.2, 0.25) is 0 Å². The second-order valence-electron chi connectivity index (χ2n) is 7.13. The maximum atomic E-state index is 13.3. The maximum Gasteiger partial charge on any atom is 0.270 e. The highest BCUT2D eigenvalue weighted by Gasteiger charge is 2.35. The number of hydrogen-bond acceptors (Lipinski definition) is 6. The number of rotatable bonds is 6. The maximum absolute atomic E-state index is 13.3. The molecule has 2 amide bonds. The number of ether oxygens (including phenoxy) is 3. The fraction of sp³-hybridized carbons (Fsp3) is 0.261. The molecule has 2 aromatic rings. The minimum atomic E-state index is -0.582. The molecule has 1 N–H and O–H groups in total. The summed E-state index contributed by atoms with van der Waals surface area (Å²) in [5.41, 5.74) is 2.12. The molecule has 1 aliphatic heterocycles. The molecule has 3 rings (SSSR count). The van der Waals surface area contributed by atoms with Crippen LogP contribution in [-0.4, -0.2) is 38.3 Å². The Labute approximate surface area is 186 Å². The summed E-state index contributed by atoms with van der Waals surface area (Å²) in [5.74, 6) is 0.417. The van der Waals surface area contributed by atoms with Crippen molar-refractivity contribution in [2.24, 2.45) is 0 Å². The number of nitrogens with zero attached hydrogens (tertiary/aromatic N) is 1. The molecule has 0 aromatic heterocycles. The van der Waals surface area contributed by atoms with Crippen LogP contribution in [0.5, 0.6) is 17.2 Å². The SMILES string of the molecule is COc1ccc(/C=C2\C(=O)NC(=S)N(c3ccc(C(C)C)cc3)C2=O)c(OC)c1OC. The van der Waals surface area contributed by atoms with Crippen molar-refractivity contribution in [2.75, 3.05) is 26.2 Å². The zero-order chi connectivity index (χ0) is 22.7. The number of amides is 2. The molecule has 162 valence electrons. The van der Waals surface area contributed by atoms with Crippen molar-refractivity contribution >= 4 is 40.9 Å². The Hall–Kier alpha value is -3.39. The highest BCUT2D eigenvalue weighted by Crippen LogP contribution is 2.40. The zero-order valence-electron chi connectivity index (χ0n) is 18.0. The van der Waals surface area contributed by atoms with Crippen molar-refractivity contribution in [1.82, 2.24) is 5.32 Å². The topological polar surface area (TPSA) is 77.1 Å². The molecule has 0 spiro atoms. The molecule has 0 unspecified atom stereocenters. The predicted molar refractivity (Wildman–Crippen MR) is 123 cm³/mol. The molecule has 1 saturated heterocycles. The number of thiocarbonyl (C=S) groups is 1. The van der Waals surface area contributed by atoms with Crippen molar-refractivity contribution in [3.05, 3.63) is 53.1 Å². The monoisotopic (exact) mass is 440 g/mol. The lowest BCUT2D eigenvalue weighted by molar-refractivity contribution is -0.122. The van der Waals surface area contributed by atoms with E-state index in [9.17, 15) is 9.59 Å². The summed E-state index contributed by atoms with van der Waals surface area (Å²) < 4.78 is 16.1. The fourth-order valence-corrected chi connectivity index (χ4v) is 3.57. The molecule has 31 heavy (non-hydrogen) atoms. The van der Waals surface area contributed by atoms with E-state index >= 15 is 0 Å². The lowest BCUT2D eigenvalue weighted by atomic mass is 10.0. The Kier molecular flexibility index (Phi) is 6.60. The van der Waals surface area contributed by atoms with Crippen LogP contribution < -0.4 is 24.4 Å². The summed E-state index contributed by atoms with van der Waals surface area (Å²) in [6.07, 6.45) is 1.45. The van der Waals surface area contributed by atoms with Crippen LogP contribution in [-0.2, 0) is 9.59 Å². The Bertz CT molecular complexity index is 1060. The third-order valence-corrected chi connectivity index (χ3v) is 5.24. The number of benzene rings is 2. The normalized spacial score (nSPS) is 15.4. The average Bonchev–Trinajstić information content (AvgIpc) is 2.76. The predicted octanol–water partition coefficient (Wildman–Crippen LogP) is 3.67. The first-order valence-electron chi connectivity index (χ1n) is 9.62. The van der Waals surface area contributed by atoms with Gasteiger partial charge in [0.25, 0.3) is 11.8 Å². The average molecular weight is 441 g/mol. The van der Waals surface area contributed by atoms with Gasteiger partial charge < -0.3 is 14.2 Å². The largest absolute Gasteiger partial charge is 0.493 e. The van der Waals surface area contributed by atoms with Gasteiger partial charge in [0.05, 0.1) is 27.0 Å². The molecule has 8 heteroatoms. The Morgan fingerprint density at radius 3 is 2.13 bits per heavy atom. The van der Waals surface area contributed by atoms with Gasteiger partial charge in [-0.1, -0.05) is 26.0 Å². The van der Waals surface area contributed by atoms with E-state index in [1.165, 1.54) is 32.3 Å². The van der Waals surface area contributed by atoms with Gasteiger partial charge in [0, 0.05) is 5.56 Å². The third kappa shape index (κ3) is 4.25. The highest BCUT2D eigenvalue weighted by molar-refractivity contribution is 7.80. The summed E-state index contributed by atoms with van der Waals surface area (Å²) >= 11 is 5.27. The molecule has 0 radical (unpaired) electrons. The van der Waals surface area contributed by atoms with Crippen molar-refractivity contribution in [2.45, 2.75) is 19.8 Å². The number of nitrogens with one attached hydrogen (secondary N) is 1. The number of methoxy groups -OCH3 is 3. The molecule has 1 aliphatic rings. The molecular weight excluding hydrogens is 416 g/mol. The van der Waals surface area contributed by atoms with Gasteiger partial charge in [-0.05, 0) is 54.0 Å². The lowest BCUT2D eigenvalue weighted by Gasteiger charge is -2.29. The Morgan fingerprint density at radius 1 is 0.935 bits per heavy atom. The first kappa shape index (κ1) is 22.3. The molecule has 0 bridgehead atoms. The quantitative estimate of drug-likeness (QED) is 0.420. The summed E-state index contributed by atoms with van der Waals surface area (Å²) in [6, 6.07) is 10.9. The van der Waals surface area contributed by atoms with Gasteiger partial charge in [-0.3, -0.25) is 19.8 Å². The van der Waals surface area contributed by atoms with Crippen molar-refractivity contribution < 1.29 is 23.8 Å². The Morgan fingerprint density at radius 2 is 1.58 bits per heavy atom. The van der Waals surface area contributed by atoms with E-state index in [1.54, 1.807) is 12.1 Å².